The van der Waals surface area contributed by atoms with Crippen LogP contribution in [0.15, 0.2) is 5.16 Å². The molecule has 0 spiro atoms. The lowest BCUT2D eigenvalue weighted by atomic mass is 10.0. The van der Waals surface area contributed by atoms with Gasteiger partial charge in [0.2, 0.25) is 5.91 Å². The summed E-state index contributed by atoms with van der Waals surface area (Å²) < 4.78 is 5.24. The number of nitrogens with two attached hydrogens (primary N) is 1. The Hall–Kier alpha value is -1.30. The van der Waals surface area contributed by atoms with Crippen LogP contribution in [0, 0.1) is 5.41 Å². The Bertz CT molecular complexity index is 319. The lowest BCUT2D eigenvalue weighted by molar-refractivity contribution is -0.135. The maximum atomic E-state index is 12.2. The molecule has 90 valence electrons. The van der Waals surface area contributed by atoms with Crippen molar-refractivity contribution in [3.63, 3.8) is 0 Å². The van der Waals surface area contributed by atoms with Gasteiger partial charge in [-0.2, -0.15) is 0 Å². The molecule has 1 amide bonds. The number of ether oxygens (including phenoxy) is 1. The van der Waals surface area contributed by atoms with E-state index in [0.717, 1.165) is 6.42 Å². The van der Waals surface area contributed by atoms with Crippen LogP contribution in [0.4, 0.5) is 0 Å². The van der Waals surface area contributed by atoms with E-state index in [1.54, 1.807) is 11.9 Å². The van der Waals surface area contributed by atoms with Crippen molar-refractivity contribution in [2.24, 2.45) is 16.3 Å². The molecule has 16 heavy (non-hydrogen) atoms. The van der Waals surface area contributed by atoms with E-state index < -0.39 is 5.41 Å². The summed E-state index contributed by atoms with van der Waals surface area (Å²) in [5, 5.41) is 11.6. The fourth-order valence-corrected chi connectivity index (χ4v) is 2.13. The third kappa shape index (κ3) is 1.63. The molecule has 0 bridgehead atoms. The van der Waals surface area contributed by atoms with Crippen LogP contribution in [-0.4, -0.2) is 48.2 Å². The van der Waals surface area contributed by atoms with Gasteiger partial charge >= 0.3 is 0 Å². The van der Waals surface area contributed by atoms with Gasteiger partial charge in [-0.05, 0) is 19.3 Å². The quantitative estimate of drug-likeness (QED) is 0.301. The third-order valence-electron chi connectivity index (χ3n) is 3.53. The zero-order chi connectivity index (χ0) is 11.8. The minimum absolute atomic E-state index is 0.0308. The number of hydrogen-bond donors (Lipinski definition) is 2. The number of carbonyl (C=O) groups is 1. The molecule has 0 aromatic carbocycles. The van der Waals surface area contributed by atoms with E-state index in [1.165, 1.54) is 0 Å². The summed E-state index contributed by atoms with van der Waals surface area (Å²) in [6, 6.07) is 0.122. The molecule has 0 radical (unpaired) electrons. The van der Waals surface area contributed by atoms with Crippen molar-refractivity contribution < 1.29 is 14.7 Å². The van der Waals surface area contributed by atoms with Crippen molar-refractivity contribution in [1.29, 1.82) is 0 Å². The zero-order valence-corrected chi connectivity index (χ0v) is 9.35. The van der Waals surface area contributed by atoms with Crippen LogP contribution >= 0.6 is 0 Å². The standard InChI is InChI=1S/C10H17N3O3/c1-13(7-2-5-16-6-7)9(14)10(3-4-10)8(11)12-15/h7,15H,2-6H2,1H3,(H2,11,12). The number of likely N-dealkylation sites (N-methyl/N-ethyl adjacent to an activating group) is 1. The van der Waals surface area contributed by atoms with E-state index in [-0.39, 0.29) is 17.8 Å². The van der Waals surface area contributed by atoms with E-state index in [4.69, 9.17) is 15.7 Å². The Morgan fingerprint density at radius 3 is 2.75 bits per heavy atom. The number of hydrogen-bond acceptors (Lipinski definition) is 4. The van der Waals surface area contributed by atoms with Crippen LogP contribution in [-0.2, 0) is 9.53 Å². The van der Waals surface area contributed by atoms with E-state index >= 15 is 0 Å². The molecule has 6 nitrogen and oxygen atoms in total. The molecule has 1 saturated carbocycles. The first-order valence-electron chi connectivity index (χ1n) is 5.45. The Morgan fingerprint density at radius 2 is 2.31 bits per heavy atom. The van der Waals surface area contributed by atoms with Crippen molar-refractivity contribution in [3.05, 3.63) is 0 Å². The molecule has 2 rings (SSSR count). The predicted octanol–water partition coefficient (Wildman–Crippen LogP) is -0.240. The summed E-state index contributed by atoms with van der Waals surface area (Å²) in [5.74, 6) is -0.0263. The van der Waals surface area contributed by atoms with Crippen LogP contribution in [0.3, 0.4) is 0 Å². The van der Waals surface area contributed by atoms with Crippen molar-refractivity contribution in [3.8, 4) is 0 Å². The molecule has 6 heteroatoms. The summed E-state index contributed by atoms with van der Waals surface area (Å²) >= 11 is 0. The molecular formula is C10H17N3O3. The molecule has 1 aliphatic heterocycles. The summed E-state index contributed by atoms with van der Waals surface area (Å²) in [6.45, 7) is 1.27. The van der Waals surface area contributed by atoms with Crippen molar-refractivity contribution in [2.75, 3.05) is 20.3 Å². The van der Waals surface area contributed by atoms with Gasteiger partial charge < -0.3 is 20.6 Å². The minimum atomic E-state index is -0.744. The van der Waals surface area contributed by atoms with Crippen molar-refractivity contribution in [1.82, 2.24) is 4.90 Å². The molecule has 1 saturated heterocycles. The van der Waals surface area contributed by atoms with Gasteiger partial charge in [-0.1, -0.05) is 5.16 Å². The van der Waals surface area contributed by atoms with Crippen molar-refractivity contribution >= 4 is 11.7 Å². The molecule has 0 aromatic heterocycles. The lowest BCUT2D eigenvalue weighted by Gasteiger charge is -2.27. The van der Waals surface area contributed by atoms with Gasteiger partial charge in [-0.25, -0.2) is 0 Å². The molecular weight excluding hydrogens is 210 g/mol. The highest BCUT2D eigenvalue weighted by Crippen LogP contribution is 2.47. The molecule has 1 aliphatic carbocycles. The van der Waals surface area contributed by atoms with Crippen LogP contribution < -0.4 is 5.73 Å². The first kappa shape index (κ1) is 11.2. The highest BCUT2D eigenvalue weighted by molar-refractivity contribution is 6.09. The predicted molar refractivity (Wildman–Crippen MR) is 57.1 cm³/mol. The van der Waals surface area contributed by atoms with Gasteiger partial charge in [0.15, 0.2) is 5.84 Å². The van der Waals surface area contributed by atoms with Crippen molar-refractivity contribution in [2.45, 2.75) is 25.3 Å². The highest BCUT2D eigenvalue weighted by Gasteiger charge is 2.56. The average Bonchev–Trinajstić information content (AvgIpc) is 2.94. The summed E-state index contributed by atoms with van der Waals surface area (Å²) in [5.41, 5.74) is 4.83. The van der Waals surface area contributed by atoms with Gasteiger partial charge in [0.1, 0.15) is 5.41 Å². The van der Waals surface area contributed by atoms with Crippen LogP contribution in [0.2, 0.25) is 0 Å². The summed E-state index contributed by atoms with van der Waals surface area (Å²) in [7, 11) is 1.76. The second-order valence-electron chi connectivity index (χ2n) is 4.50. The van der Waals surface area contributed by atoms with Gasteiger partial charge in [-0.15, -0.1) is 0 Å². The number of nitrogens with zero attached hydrogens (tertiary/aromatic N) is 2. The van der Waals surface area contributed by atoms with Gasteiger partial charge in [0.05, 0.1) is 12.6 Å². The van der Waals surface area contributed by atoms with Gasteiger partial charge in [0, 0.05) is 13.7 Å². The monoisotopic (exact) mass is 227 g/mol. The molecule has 1 heterocycles. The maximum Gasteiger partial charge on any atom is 0.236 e. The fourth-order valence-electron chi connectivity index (χ4n) is 2.13. The Balaban J connectivity index is 2.07. The zero-order valence-electron chi connectivity index (χ0n) is 9.35. The molecule has 2 aliphatic rings. The first-order valence-corrected chi connectivity index (χ1v) is 5.45. The SMILES string of the molecule is CN(C(=O)C1(C(N)=NO)CC1)C1CCOC1. The van der Waals surface area contributed by atoms with Gasteiger partial charge in [-0.3, -0.25) is 4.79 Å². The van der Waals surface area contributed by atoms with E-state index in [2.05, 4.69) is 5.16 Å². The van der Waals surface area contributed by atoms with E-state index in [0.29, 0.717) is 26.1 Å². The Kier molecular flexibility index (Phi) is 2.75. The fraction of sp³-hybridized carbons (Fsp3) is 0.800. The topological polar surface area (TPSA) is 88.2 Å². The first-order chi connectivity index (χ1) is 7.62. The molecule has 3 N–H and O–H groups in total. The number of carbonyl (C=O) groups excluding carboxylic acids is 1. The highest BCUT2D eigenvalue weighted by atomic mass is 16.5. The Labute approximate surface area is 94.0 Å². The largest absolute Gasteiger partial charge is 0.409 e. The maximum absolute atomic E-state index is 12.2. The lowest BCUT2D eigenvalue weighted by Crippen LogP contribution is -2.46. The third-order valence-corrected chi connectivity index (χ3v) is 3.53. The van der Waals surface area contributed by atoms with Gasteiger partial charge in [0.25, 0.3) is 0 Å². The number of amidine groups is 1. The van der Waals surface area contributed by atoms with Crippen LogP contribution in [0.1, 0.15) is 19.3 Å². The Morgan fingerprint density at radius 1 is 1.62 bits per heavy atom. The van der Waals surface area contributed by atoms with E-state index in [1.807, 2.05) is 0 Å². The smallest absolute Gasteiger partial charge is 0.236 e. The van der Waals surface area contributed by atoms with Crippen LogP contribution in [0.25, 0.3) is 0 Å². The molecule has 1 unspecified atom stereocenters. The molecule has 2 fully saturated rings. The second kappa shape index (κ2) is 3.93. The number of oxime groups is 1. The summed E-state index contributed by atoms with van der Waals surface area (Å²) in [6.07, 6.45) is 2.19. The summed E-state index contributed by atoms with van der Waals surface area (Å²) in [4.78, 5) is 13.9. The molecule has 1 atom stereocenters. The number of amides is 1. The second-order valence-corrected chi connectivity index (χ2v) is 4.50. The van der Waals surface area contributed by atoms with Crippen LogP contribution in [0.5, 0.6) is 0 Å². The molecule has 0 aromatic rings. The minimum Gasteiger partial charge on any atom is -0.409 e. The number of rotatable bonds is 3. The van der Waals surface area contributed by atoms with E-state index in [9.17, 15) is 4.79 Å². The average molecular weight is 227 g/mol. The normalized spacial score (nSPS) is 27.8.